The van der Waals surface area contributed by atoms with Crippen molar-refractivity contribution in [1.82, 2.24) is 5.32 Å². The first-order valence-corrected chi connectivity index (χ1v) is 6.88. The number of nitrogens with two attached hydrogens (primary N) is 1. The number of carbonyl (C=O) groups is 1. The lowest BCUT2D eigenvalue weighted by molar-refractivity contribution is -0.143. The lowest BCUT2D eigenvalue weighted by Gasteiger charge is -2.14. The zero-order valence-electron chi connectivity index (χ0n) is 12.3. The van der Waals surface area contributed by atoms with Crippen molar-refractivity contribution < 1.29 is 36.2 Å². The summed E-state index contributed by atoms with van der Waals surface area (Å²) in [5, 5.41) is 11.2. The van der Waals surface area contributed by atoms with Gasteiger partial charge >= 0.3 is 18.3 Å². The molecule has 4 N–H and O–H groups in total. The van der Waals surface area contributed by atoms with Gasteiger partial charge in [0.2, 0.25) is 0 Å². The van der Waals surface area contributed by atoms with E-state index in [4.69, 9.17) is 10.8 Å². The van der Waals surface area contributed by atoms with Gasteiger partial charge in [-0.3, -0.25) is 4.79 Å². The van der Waals surface area contributed by atoms with Gasteiger partial charge in [0.25, 0.3) is 0 Å². The Morgan fingerprint density at radius 3 is 2.00 bits per heavy atom. The summed E-state index contributed by atoms with van der Waals surface area (Å²) in [5.74, 6) is -1.18. The normalized spacial score (nSPS) is 13.8. The molecule has 0 radical (unpaired) electrons. The highest BCUT2D eigenvalue weighted by Gasteiger charge is 2.36. The average molecular weight is 358 g/mol. The zero-order valence-corrected chi connectivity index (χ0v) is 12.3. The quantitative estimate of drug-likeness (QED) is 0.517. The third-order valence-electron chi connectivity index (χ3n) is 3.16. The predicted molar refractivity (Wildman–Crippen MR) is 73.0 cm³/mol. The van der Waals surface area contributed by atoms with Crippen LogP contribution >= 0.6 is 0 Å². The van der Waals surface area contributed by atoms with E-state index in [1.807, 2.05) is 0 Å². The van der Waals surface area contributed by atoms with Crippen molar-refractivity contribution in [1.29, 1.82) is 0 Å². The highest BCUT2D eigenvalue weighted by molar-refractivity contribution is 5.72. The van der Waals surface area contributed by atoms with Crippen LogP contribution in [0.2, 0.25) is 0 Å². The molecule has 136 valence electrons. The Labute approximate surface area is 133 Å². The van der Waals surface area contributed by atoms with Crippen LogP contribution in [0.1, 0.15) is 29.5 Å². The summed E-state index contributed by atoms with van der Waals surface area (Å²) in [6.45, 7) is -0.00607. The first-order chi connectivity index (χ1) is 10.9. The van der Waals surface area contributed by atoms with Crippen LogP contribution in [0.4, 0.5) is 26.3 Å². The molecule has 0 aromatic heterocycles. The molecule has 0 spiro atoms. The van der Waals surface area contributed by atoms with Gasteiger partial charge in [-0.15, -0.1) is 0 Å². The Morgan fingerprint density at radius 1 is 1.08 bits per heavy atom. The summed E-state index contributed by atoms with van der Waals surface area (Å²) >= 11 is 0. The molecule has 0 saturated carbocycles. The predicted octanol–water partition coefficient (Wildman–Crippen LogP) is 3.01. The van der Waals surface area contributed by atoms with Crippen LogP contribution in [0.3, 0.4) is 0 Å². The minimum atomic E-state index is -4.88. The maximum atomic E-state index is 12.7. The molecule has 0 heterocycles. The lowest BCUT2D eigenvalue weighted by atomic mass is 10.0. The van der Waals surface area contributed by atoms with Crippen LogP contribution < -0.4 is 11.1 Å². The third-order valence-corrected chi connectivity index (χ3v) is 3.16. The third kappa shape index (κ3) is 6.36. The summed E-state index contributed by atoms with van der Waals surface area (Å²) in [6, 6.07) is 0.295. The van der Waals surface area contributed by atoms with E-state index in [-0.39, 0.29) is 31.1 Å². The highest BCUT2D eigenvalue weighted by Crippen LogP contribution is 2.36. The largest absolute Gasteiger partial charge is 0.480 e. The van der Waals surface area contributed by atoms with Gasteiger partial charge < -0.3 is 16.2 Å². The van der Waals surface area contributed by atoms with Gasteiger partial charge in [-0.05, 0) is 43.1 Å². The van der Waals surface area contributed by atoms with Crippen LogP contribution in [-0.2, 0) is 23.7 Å². The van der Waals surface area contributed by atoms with Crippen molar-refractivity contribution >= 4 is 5.97 Å². The maximum Gasteiger partial charge on any atom is 0.416 e. The highest BCUT2D eigenvalue weighted by atomic mass is 19.4. The van der Waals surface area contributed by atoms with E-state index in [0.29, 0.717) is 18.6 Å². The number of carboxylic acid groups (broad SMARTS) is 1. The van der Waals surface area contributed by atoms with Gasteiger partial charge in [0, 0.05) is 6.54 Å². The Hall–Kier alpha value is -1.81. The number of halogens is 6. The van der Waals surface area contributed by atoms with Crippen LogP contribution in [-0.4, -0.2) is 23.7 Å². The van der Waals surface area contributed by atoms with Gasteiger partial charge in [0.1, 0.15) is 6.04 Å². The minimum absolute atomic E-state index is 0.0649. The molecule has 0 saturated heterocycles. The van der Waals surface area contributed by atoms with Crippen LogP contribution in [0, 0.1) is 0 Å². The van der Waals surface area contributed by atoms with E-state index in [1.54, 1.807) is 0 Å². The van der Waals surface area contributed by atoms with E-state index < -0.39 is 35.5 Å². The summed E-state index contributed by atoms with van der Waals surface area (Å²) in [5.41, 5.74) is 2.35. The van der Waals surface area contributed by atoms with E-state index in [1.165, 1.54) is 0 Å². The molecular weight excluding hydrogens is 342 g/mol. The molecule has 1 aromatic carbocycles. The Balaban J connectivity index is 2.72. The van der Waals surface area contributed by atoms with Crippen molar-refractivity contribution in [2.24, 2.45) is 5.73 Å². The van der Waals surface area contributed by atoms with Crippen molar-refractivity contribution in [2.75, 3.05) is 6.54 Å². The molecule has 1 rings (SSSR count). The number of hydrogen-bond acceptors (Lipinski definition) is 3. The van der Waals surface area contributed by atoms with Gasteiger partial charge in [0.05, 0.1) is 11.1 Å². The van der Waals surface area contributed by atoms with Gasteiger partial charge in [-0.1, -0.05) is 0 Å². The molecule has 0 aliphatic carbocycles. The maximum absolute atomic E-state index is 12.7. The second kappa shape index (κ2) is 7.84. The molecule has 0 amide bonds. The second-order valence-electron chi connectivity index (χ2n) is 5.18. The molecule has 0 bridgehead atoms. The zero-order chi connectivity index (χ0) is 18.5. The van der Waals surface area contributed by atoms with Crippen molar-refractivity contribution in [3.05, 3.63) is 34.9 Å². The number of aliphatic carboxylic acids is 1. The van der Waals surface area contributed by atoms with Gasteiger partial charge in [-0.25, -0.2) is 0 Å². The van der Waals surface area contributed by atoms with Gasteiger partial charge in [-0.2, -0.15) is 26.3 Å². The Kier molecular flexibility index (Phi) is 6.61. The van der Waals surface area contributed by atoms with Crippen molar-refractivity contribution in [3.8, 4) is 0 Å². The molecule has 4 nitrogen and oxygen atoms in total. The first-order valence-electron chi connectivity index (χ1n) is 6.88. The molecule has 0 fully saturated rings. The summed E-state index contributed by atoms with van der Waals surface area (Å²) < 4.78 is 76.1. The van der Waals surface area contributed by atoms with E-state index >= 15 is 0 Å². The molecule has 0 aliphatic heterocycles. The molecule has 10 heteroatoms. The fraction of sp³-hybridized carbons (Fsp3) is 0.500. The first kappa shape index (κ1) is 20.2. The summed E-state index contributed by atoms with van der Waals surface area (Å²) in [4.78, 5) is 10.5. The molecule has 1 aromatic rings. The molecule has 1 unspecified atom stereocenters. The van der Waals surface area contributed by atoms with E-state index in [2.05, 4.69) is 5.32 Å². The van der Waals surface area contributed by atoms with E-state index in [9.17, 15) is 31.1 Å². The number of alkyl halides is 6. The van der Waals surface area contributed by atoms with Gasteiger partial charge in [0.15, 0.2) is 0 Å². The molecule has 0 aliphatic rings. The van der Waals surface area contributed by atoms with Crippen molar-refractivity contribution in [3.63, 3.8) is 0 Å². The lowest BCUT2D eigenvalue weighted by Crippen LogP contribution is -2.31. The molecular formula is C14H16F6N2O2. The monoisotopic (exact) mass is 358 g/mol. The topological polar surface area (TPSA) is 75.3 Å². The van der Waals surface area contributed by atoms with Crippen LogP contribution in [0.25, 0.3) is 0 Å². The Bertz CT molecular complexity index is 539. The number of rotatable bonds is 7. The smallest absolute Gasteiger partial charge is 0.416 e. The molecule has 1 atom stereocenters. The second-order valence-corrected chi connectivity index (χ2v) is 5.18. The van der Waals surface area contributed by atoms with Crippen LogP contribution in [0.5, 0.6) is 0 Å². The van der Waals surface area contributed by atoms with Crippen LogP contribution in [0.15, 0.2) is 18.2 Å². The van der Waals surface area contributed by atoms with Crippen molar-refractivity contribution in [2.45, 2.75) is 37.8 Å². The average Bonchev–Trinajstić information content (AvgIpc) is 2.44. The number of benzene rings is 1. The molecule has 24 heavy (non-hydrogen) atoms. The Morgan fingerprint density at radius 2 is 1.58 bits per heavy atom. The van der Waals surface area contributed by atoms with E-state index in [0.717, 1.165) is 0 Å². The fourth-order valence-electron chi connectivity index (χ4n) is 1.92. The number of hydrogen-bond donors (Lipinski definition) is 3. The summed E-state index contributed by atoms with van der Waals surface area (Å²) in [6.07, 6.45) is -9.31. The minimum Gasteiger partial charge on any atom is -0.480 e. The SMILES string of the molecule is NC(CCCNCc1cc(C(F)(F)F)cc(C(F)(F)F)c1)C(=O)O. The number of carboxylic acids is 1. The standard InChI is InChI=1S/C14H16F6N2O2/c15-13(16,17)9-4-8(5-10(6-9)14(18,19)20)7-22-3-1-2-11(21)12(23)24/h4-6,11,22H,1-3,7,21H2,(H,23,24). The number of nitrogens with one attached hydrogen (secondary N) is 1. The fourth-order valence-corrected chi connectivity index (χ4v) is 1.92. The summed E-state index contributed by atoms with van der Waals surface area (Å²) in [7, 11) is 0.